The Hall–Kier alpha value is -2.16. The van der Waals surface area contributed by atoms with Crippen molar-refractivity contribution in [2.45, 2.75) is 65.2 Å². The maximum absolute atomic E-state index is 12.6. The van der Waals surface area contributed by atoms with E-state index in [4.69, 9.17) is 14.3 Å². The van der Waals surface area contributed by atoms with Crippen molar-refractivity contribution >= 4 is 23.9 Å². The van der Waals surface area contributed by atoms with E-state index < -0.39 is 41.4 Å². The van der Waals surface area contributed by atoms with E-state index in [0.29, 0.717) is 5.06 Å². The van der Waals surface area contributed by atoms with Gasteiger partial charge in [0.2, 0.25) is 0 Å². The number of hydrogen-bond acceptors (Lipinski definition) is 7. The Morgan fingerprint density at radius 3 is 2.20 bits per heavy atom. The van der Waals surface area contributed by atoms with Gasteiger partial charge in [0, 0.05) is 18.8 Å². The van der Waals surface area contributed by atoms with Crippen LogP contribution in [-0.2, 0) is 28.7 Å². The monoisotopic (exact) mass is 356 g/mol. The minimum Gasteiger partial charge on any atom is -0.444 e. The van der Waals surface area contributed by atoms with E-state index >= 15 is 0 Å². The van der Waals surface area contributed by atoms with Crippen LogP contribution in [0, 0.1) is 5.92 Å². The zero-order valence-electron chi connectivity index (χ0n) is 15.1. The van der Waals surface area contributed by atoms with Crippen LogP contribution in [0.2, 0.25) is 0 Å². The molecule has 140 valence electrons. The van der Waals surface area contributed by atoms with Crippen molar-refractivity contribution in [2.75, 3.05) is 6.73 Å². The van der Waals surface area contributed by atoms with Crippen molar-refractivity contribution in [1.29, 1.82) is 0 Å². The third-order valence-electron chi connectivity index (χ3n) is 4.11. The number of imide groups is 1. The van der Waals surface area contributed by atoms with Gasteiger partial charge in [-0.25, -0.2) is 9.59 Å². The Morgan fingerprint density at radius 2 is 1.68 bits per heavy atom. The average molecular weight is 356 g/mol. The molecule has 2 rings (SSSR count). The number of amides is 3. The van der Waals surface area contributed by atoms with E-state index in [2.05, 4.69) is 0 Å². The summed E-state index contributed by atoms with van der Waals surface area (Å²) in [6, 6.07) is -1.03. The smallest absolute Gasteiger partial charge is 0.412 e. The molecule has 25 heavy (non-hydrogen) atoms. The zero-order valence-corrected chi connectivity index (χ0v) is 15.1. The number of carbonyl (C=O) groups excluding carboxylic acids is 4. The van der Waals surface area contributed by atoms with Crippen LogP contribution in [0.5, 0.6) is 0 Å². The Morgan fingerprint density at radius 1 is 1.12 bits per heavy atom. The minimum absolute atomic E-state index is 0.00161. The fraction of sp³-hybridized carbons (Fsp3) is 0.750. The Kier molecular flexibility index (Phi) is 5.36. The first-order chi connectivity index (χ1) is 11.5. The molecule has 2 fully saturated rings. The van der Waals surface area contributed by atoms with Crippen LogP contribution < -0.4 is 0 Å². The molecule has 2 saturated heterocycles. The van der Waals surface area contributed by atoms with Gasteiger partial charge in [-0.2, -0.15) is 0 Å². The van der Waals surface area contributed by atoms with Crippen molar-refractivity contribution in [3.05, 3.63) is 0 Å². The molecule has 0 N–H and O–H groups in total. The van der Waals surface area contributed by atoms with Crippen molar-refractivity contribution < 1.29 is 33.5 Å². The molecule has 0 aromatic carbocycles. The van der Waals surface area contributed by atoms with Crippen LogP contribution in [0.25, 0.3) is 0 Å². The molecule has 2 aliphatic rings. The third kappa shape index (κ3) is 4.28. The molecular weight excluding hydrogens is 332 g/mol. The highest BCUT2D eigenvalue weighted by molar-refractivity contribution is 6.01. The second kappa shape index (κ2) is 6.99. The van der Waals surface area contributed by atoms with E-state index in [9.17, 15) is 19.2 Å². The number of ether oxygens (including phenoxy) is 2. The summed E-state index contributed by atoms with van der Waals surface area (Å²) in [4.78, 5) is 54.4. The van der Waals surface area contributed by atoms with Gasteiger partial charge in [-0.15, -0.1) is 5.06 Å². The molecule has 0 saturated carbocycles. The molecular formula is C16H24N2O7. The van der Waals surface area contributed by atoms with Gasteiger partial charge in [0.05, 0.1) is 6.10 Å². The highest BCUT2D eigenvalue weighted by Crippen LogP contribution is 2.27. The van der Waals surface area contributed by atoms with E-state index in [1.807, 2.05) is 0 Å². The van der Waals surface area contributed by atoms with Gasteiger partial charge >= 0.3 is 12.1 Å². The van der Waals surface area contributed by atoms with Gasteiger partial charge < -0.3 is 14.3 Å². The first-order valence-electron chi connectivity index (χ1n) is 8.20. The largest absolute Gasteiger partial charge is 0.444 e. The number of rotatable bonds is 2. The summed E-state index contributed by atoms with van der Waals surface area (Å²) in [6.45, 7) is 8.45. The SMILES string of the molecule is C[C@@H]1OCN(C(=O)OC(C)(C)C)C(C(=O)ON2C(=O)CCC2=O)[C@H]1C. The highest BCUT2D eigenvalue weighted by atomic mass is 16.7. The standard InChI is InChI=1S/C16H24N2O7/c1-9-10(2)23-8-17(15(22)24-16(3,4)5)13(9)14(21)25-18-11(19)6-7-12(18)20/h9-10,13H,6-8H2,1-5H3/t9-,10-,13?/m0/s1. The lowest BCUT2D eigenvalue weighted by molar-refractivity contribution is -0.209. The lowest BCUT2D eigenvalue weighted by Crippen LogP contribution is -2.58. The van der Waals surface area contributed by atoms with Crippen LogP contribution in [0.3, 0.4) is 0 Å². The summed E-state index contributed by atoms with van der Waals surface area (Å²) in [6.07, 6.45) is -1.04. The van der Waals surface area contributed by atoms with Gasteiger partial charge in [0.25, 0.3) is 11.8 Å². The molecule has 0 bridgehead atoms. The maximum Gasteiger partial charge on any atom is 0.412 e. The molecule has 9 heteroatoms. The minimum atomic E-state index is -1.03. The first kappa shape index (κ1) is 19.2. The quantitative estimate of drug-likeness (QED) is 0.685. The van der Waals surface area contributed by atoms with E-state index in [-0.39, 0.29) is 25.7 Å². The van der Waals surface area contributed by atoms with Crippen LogP contribution in [-0.4, -0.2) is 58.3 Å². The van der Waals surface area contributed by atoms with Crippen LogP contribution in [0.1, 0.15) is 47.5 Å². The van der Waals surface area contributed by atoms with E-state index in [1.165, 1.54) is 0 Å². The second-order valence-electron chi connectivity index (χ2n) is 7.25. The van der Waals surface area contributed by atoms with E-state index in [1.54, 1.807) is 34.6 Å². The summed E-state index contributed by atoms with van der Waals surface area (Å²) in [5.41, 5.74) is -0.751. The topological polar surface area (TPSA) is 102 Å². The summed E-state index contributed by atoms with van der Waals surface area (Å²) in [7, 11) is 0. The van der Waals surface area contributed by atoms with Crippen LogP contribution in [0.4, 0.5) is 4.79 Å². The summed E-state index contributed by atoms with van der Waals surface area (Å²) in [5.74, 6) is -2.43. The lowest BCUT2D eigenvalue weighted by atomic mass is 9.94. The highest BCUT2D eigenvalue weighted by Gasteiger charge is 2.46. The van der Waals surface area contributed by atoms with Crippen molar-refractivity contribution in [2.24, 2.45) is 5.92 Å². The lowest BCUT2D eigenvalue weighted by Gasteiger charge is -2.41. The summed E-state index contributed by atoms with van der Waals surface area (Å²) in [5, 5.41) is 0.475. The summed E-state index contributed by atoms with van der Waals surface area (Å²) < 4.78 is 10.8. The van der Waals surface area contributed by atoms with E-state index in [0.717, 1.165) is 4.90 Å². The third-order valence-corrected chi connectivity index (χ3v) is 4.11. The van der Waals surface area contributed by atoms with Crippen LogP contribution in [0.15, 0.2) is 0 Å². The normalized spacial score (nSPS) is 27.5. The fourth-order valence-electron chi connectivity index (χ4n) is 2.60. The van der Waals surface area contributed by atoms with Gasteiger partial charge in [0.1, 0.15) is 18.4 Å². The molecule has 2 heterocycles. The Balaban J connectivity index is 2.18. The molecule has 0 aliphatic carbocycles. The second-order valence-corrected chi connectivity index (χ2v) is 7.25. The first-order valence-corrected chi connectivity index (χ1v) is 8.20. The summed E-state index contributed by atoms with van der Waals surface area (Å²) >= 11 is 0. The van der Waals surface area contributed by atoms with Gasteiger partial charge in [-0.1, -0.05) is 6.92 Å². The van der Waals surface area contributed by atoms with Crippen molar-refractivity contribution in [1.82, 2.24) is 9.96 Å². The van der Waals surface area contributed by atoms with Crippen LogP contribution >= 0.6 is 0 Å². The predicted octanol–water partition coefficient (Wildman–Crippen LogP) is 1.21. The Bertz CT molecular complexity index is 568. The fourth-order valence-corrected chi connectivity index (χ4v) is 2.60. The molecule has 3 amide bonds. The number of carbonyl (C=O) groups is 4. The van der Waals surface area contributed by atoms with Gasteiger partial charge in [-0.05, 0) is 27.7 Å². The maximum atomic E-state index is 12.6. The molecule has 0 spiro atoms. The molecule has 0 aromatic heterocycles. The molecule has 2 aliphatic heterocycles. The molecule has 0 aromatic rings. The van der Waals surface area contributed by atoms with Crippen molar-refractivity contribution in [3.8, 4) is 0 Å². The van der Waals surface area contributed by atoms with Gasteiger partial charge in [0.15, 0.2) is 0 Å². The predicted molar refractivity (Wildman–Crippen MR) is 83.6 cm³/mol. The molecule has 9 nitrogen and oxygen atoms in total. The van der Waals surface area contributed by atoms with Crippen molar-refractivity contribution in [3.63, 3.8) is 0 Å². The zero-order chi connectivity index (χ0) is 18.9. The molecule has 3 atom stereocenters. The van der Waals surface area contributed by atoms with Gasteiger partial charge in [-0.3, -0.25) is 14.5 Å². The number of nitrogens with zero attached hydrogens (tertiary/aromatic N) is 2. The average Bonchev–Trinajstić information content (AvgIpc) is 2.79. The Labute approximate surface area is 146 Å². The number of hydroxylamine groups is 2. The number of hydrogen-bond donors (Lipinski definition) is 0. The molecule has 1 unspecified atom stereocenters. The molecule has 0 radical (unpaired) electrons.